The van der Waals surface area contributed by atoms with E-state index in [0.717, 1.165) is 42.2 Å². The number of ether oxygens (including phenoxy) is 1. The van der Waals surface area contributed by atoms with Crippen LogP contribution in [0.5, 0.6) is 5.75 Å². The second-order valence-electron chi connectivity index (χ2n) is 5.93. The number of benzene rings is 1. The highest BCUT2D eigenvalue weighted by Crippen LogP contribution is 2.34. The zero-order valence-corrected chi connectivity index (χ0v) is 13.9. The number of aromatic amines is 1. The molecule has 23 heavy (non-hydrogen) atoms. The molecule has 0 saturated carbocycles. The Morgan fingerprint density at radius 1 is 1.35 bits per heavy atom. The Balaban J connectivity index is 2.12. The van der Waals surface area contributed by atoms with Gasteiger partial charge >= 0.3 is 0 Å². The minimum Gasteiger partial charge on any atom is -0.493 e. The van der Waals surface area contributed by atoms with E-state index in [4.69, 9.17) is 9.72 Å². The van der Waals surface area contributed by atoms with Crippen LogP contribution in [0.1, 0.15) is 38.7 Å². The minimum absolute atomic E-state index is 0.0394. The van der Waals surface area contributed by atoms with Crippen molar-refractivity contribution in [1.29, 1.82) is 0 Å². The summed E-state index contributed by atoms with van der Waals surface area (Å²) in [6.07, 6.45) is 1.03. The van der Waals surface area contributed by atoms with Crippen LogP contribution in [0, 0.1) is 0 Å². The van der Waals surface area contributed by atoms with Gasteiger partial charge in [-0.3, -0.25) is 4.79 Å². The Labute approximate surface area is 136 Å². The molecular formula is C18H23N3O2. The quantitative estimate of drug-likeness (QED) is 0.921. The topological polar surface area (TPSA) is 58.2 Å². The average molecular weight is 313 g/mol. The first-order valence-corrected chi connectivity index (χ1v) is 8.27. The fourth-order valence-corrected chi connectivity index (χ4v) is 3.20. The van der Waals surface area contributed by atoms with E-state index in [0.29, 0.717) is 12.4 Å². The molecule has 0 amide bonds. The first-order valence-electron chi connectivity index (χ1n) is 8.27. The summed E-state index contributed by atoms with van der Waals surface area (Å²) in [6, 6.07) is 7.68. The number of hydrogen-bond acceptors (Lipinski definition) is 4. The SMILES string of the molecule is CCCN1CC(C)c2c1nc(-c1ccccc1OCC)[nH]c2=O. The number of nitrogens with one attached hydrogen (secondary N) is 1. The maximum Gasteiger partial charge on any atom is 0.256 e. The molecule has 2 aromatic rings. The molecule has 1 aliphatic rings. The molecule has 0 saturated heterocycles. The predicted octanol–water partition coefficient (Wildman–Crippen LogP) is 3.17. The van der Waals surface area contributed by atoms with Crippen LogP contribution in [0.2, 0.25) is 0 Å². The van der Waals surface area contributed by atoms with Crippen LogP contribution in [0.15, 0.2) is 29.1 Å². The highest BCUT2D eigenvalue weighted by atomic mass is 16.5. The third-order valence-electron chi connectivity index (χ3n) is 4.16. The van der Waals surface area contributed by atoms with E-state index in [1.165, 1.54) is 0 Å². The van der Waals surface area contributed by atoms with E-state index >= 15 is 0 Å². The lowest BCUT2D eigenvalue weighted by Crippen LogP contribution is -2.23. The second-order valence-corrected chi connectivity index (χ2v) is 5.93. The van der Waals surface area contributed by atoms with Gasteiger partial charge in [-0.2, -0.15) is 0 Å². The lowest BCUT2D eigenvalue weighted by molar-refractivity contribution is 0.341. The number of hydrogen-bond donors (Lipinski definition) is 1. The molecule has 3 rings (SSSR count). The summed E-state index contributed by atoms with van der Waals surface area (Å²) < 4.78 is 5.67. The number of para-hydroxylation sites is 1. The van der Waals surface area contributed by atoms with Gasteiger partial charge < -0.3 is 14.6 Å². The molecule has 5 nitrogen and oxygen atoms in total. The van der Waals surface area contributed by atoms with Gasteiger partial charge in [0.05, 0.1) is 17.7 Å². The number of nitrogens with zero attached hydrogens (tertiary/aromatic N) is 2. The number of fused-ring (bicyclic) bond motifs is 1. The lowest BCUT2D eigenvalue weighted by Gasteiger charge is -2.18. The van der Waals surface area contributed by atoms with Crippen LogP contribution in [-0.2, 0) is 0 Å². The number of aromatic nitrogens is 2. The third kappa shape index (κ3) is 2.83. The molecule has 1 atom stereocenters. The molecule has 0 spiro atoms. The van der Waals surface area contributed by atoms with Gasteiger partial charge in [-0.25, -0.2) is 4.98 Å². The largest absolute Gasteiger partial charge is 0.493 e. The van der Waals surface area contributed by atoms with Crippen LogP contribution in [0.25, 0.3) is 11.4 Å². The molecule has 0 radical (unpaired) electrons. The van der Waals surface area contributed by atoms with Gasteiger partial charge in [-0.15, -0.1) is 0 Å². The lowest BCUT2D eigenvalue weighted by atomic mass is 10.1. The summed E-state index contributed by atoms with van der Waals surface area (Å²) in [5.41, 5.74) is 1.59. The van der Waals surface area contributed by atoms with E-state index < -0.39 is 0 Å². The number of H-pyrrole nitrogens is 1. The fourth-order valence-electron chi connectivity index (χ4n) is 3.20. The summed E-state index contributed by atoms with van der Waals surface area (Å²) in [5, 5.41) is 0. The van der Waals surface area contributed by atoms with Crippen LogP contribution >= 0.6 is 0 Å². The van der Waals surface area contributed by atoms with Crippen molar-refractivity contribution in [2.75, 3.05) is 24.6 Å². The molecule has 1 aliphatic heterocycles. The highest BCUT2D eigenvalue weighted by molar-refractivity contribution is 5.67. The van der Waals surface area contributed by atoms with Crippen molar-refractivity contribution in [3.8, 4) is 17.1 Å². The Kier molecular flexibility index (Phi) is 4.37. The summed E-state index contributed by atoms with van der Waals surface area (Å²) >= 11 is 0. The third-order valence-corrected chi connectivity index (χ3v) is 4.16. The molecule has 2 heterocycles. The Hall–Kier alpha value is -2.30. The van der Waals surface area contributed by atoms with Gasteiger partial charge in [-0.1, -0.05) is 26.0 Å². The highest BCUT2D eigenvalue weighted by Gasteiger charge is 2.30. The minimum atomic E-state index is -0.0394. The summed E-state index contributed by atoms with van der Waals surface area (Å²) in [6.45, 7) is 8.52. The van der Waals surface area contributed by atoms with E-state index in [1.807, 2.05) is 31.2 Å². The Bertz CT molecular complexity index is 754. The van der Waals surface area contributed by atoms with Crippen molar-refractivity contribution in [3.63, 3.8) is 0 Å². The summed E-state index contributed by atoms with van der Waals surface area (Å²) in [7, 11) is 0. The maximum atomic E-state index is 12.6. The second kappa shape index (κ2) is 6.44. The molecule has 0 fully saturated rings. The van der Waals surface area contributed by atoms with Crippen LogP contribution in [-0.4, -0.2) is 29.7 Å². The van der Waals surface area contributed by atoms with Crippen LogP contribution in [0.3, 0.4) is 0 Å². The summed E-state index contributed by atoms with van der Waals surface area (Å²) in [4.78, 5) is 22.5. The molecule has 122 valence electrons. The maximum absolute atomic E-state index is 12.6. The van der Waals surface area contributed by atoms with Crippen LogP contribution < -0.4 is 15.2 Å². The number of rotatable bonds is 5. The molecule has 5 heteroatoms. The van der Waals surface area contributed by atoms with Crippen LogP contribution in [0.4, 0.5) is 5.82 Å². The van der Waals surface area contributed by atoms with Gasteiger partial charge in [0.2, 0.25) is 0 Å². The molecular weight excluding hydrogens is 290 g/mol. The first-order chi connectivity index (χ1) is 11.2. The first kappa shape index (κ1) is 15.6. The van der Waals surface area contributed by atoms with Gasteiger partial charge in [0.25, 0.3) is 5.56 Å². The molecule has 1 aromatic carbocycles. The monoisotopic (exact) mass is 313 g/mol. The smallest absolute Gasteiger partial charge is 0.256 e. The summed E-state index contributed by atoms with van der Waals surface area (Å²) in [5.74, 6) is 2.35. The fraction of sp³-hybridized carbons (Fsp3) is 0.444. The zero-order chi connectivity index (χ0) is 16.4. The van der Waals surface area contributed by atoms with E-state index in [9.17, 15) is 4.79 Å². The van der Waals surface area contributed by atoms with Gasteiger partial charge in [0, 0.05) is 19.0 Å². The van der Waals surface area contributed by atoms with Crippen molar-refractivity contribution in [2.45, 2.75) is 33.1 Å². The van der Waals surface area contributed by atoms with Crippen molar-refractivity contribution in [1.82, 2.24) is 9.97 Å². The molecule has 1 unspecified atom stereocenters. The van der Waals surface area contributed by atoms with Crippen molar-refractivity contribution < 1.29 is 4.74 Å². The van der Waals surface area contributed by atoms with Crippen molar-refractivity contribution in [2.24, 2.45) is 0 Å². The average Bonchev–Trinajstić information content (AvgIpc) is 2.85. The van der Waals surface area contributed by atoms with Crippen molar-refractivity contribution in [3.05, 3.63) is 40.2 Å². The predicted molar refractivity (Wildman–Crippen MR) is 92.4 cm³/mol. The zero-order valence-electron chi connectivity index (χ0n) is 13.9. The van der Waals surface area contributed by atoms with E-state index in [-0.39, 0.29) is 11.5 Å². The molecule has 1 aromatic heterocycles. The molecule has 0 bridgehead atoms. The normalized spacial score (nSPS) is 16.5. The Morgan fingerprint density at radius 2 is 2.13 bits per heavy atom. The van der Waals surface area contributed by atoms with Gasteiger partial charge in [0.1, 0.15) is 17.4 Å². The number of anilines is 1. The van der Waals surface area contributed by atoms with E-state index in [2.05, 4.69) is 23.7 Å². The van der Waals surface area contributed by atoms with Crippen molar-refractivity contribution >= 4 is 5.82 Å². The molecule has 1 N–H and O–H groups in total. The van der Waals surface area contributed by atoms with E-state index in [1.54, 1.807) is 0 Å². The Morgan fingerprint density at radius 3 is 2.87 bits per heavy atom. The molecule has 0 aliphatic carbocycles. The van der Waals surface area contributed by atoms with Gasteiger partial charge in [-0.05, 0) is 25.5 Å². The standard InChI is InChI=1S/C18H23N3O2/c1-4-10-21-11-12(3)15-17(21)19-16(20-18(15)22)13-8-6-7-9-14(13)23-5-2/h6-9,12H,4-5,10-11H2,1-3H3,(H,19,20,22). The van der Waals surface area contributed by atoms with Gasteiger partial charge in [0.15, 0.2) is 0 Å².